The molecule has 0 heterocycles. The van der Waals surface area contributed by atoms with E-state index in [9.17, 15) is 5.11 Å². The molecule has 5 rings (SSSR count). The highest BCUT2D eigenvalue weighted by molar-refractivity contribution is 5.83. The number of rotatable bonds is 6. The molecule has 33 heavy (non-hydrogen) atoms. The van der Waals surface area contributed by atoms with Crippen LogP contribution in [0.2, 0.25) is 0 Å². The van der Waals surface area contributed by atoms with Crippen molar-refractivity contribution in [2.75, 3.05) is 6.54 Å². The second-order valence-corrected chi connectivity index (χ2v) is 9.11. The van der Waals surface area contributed by atoms with Gasteiger partial charge < -0.3 is 10.4 Å². The summed E-state index contributed by atoms with van der Waals surface area (Å²) in [6.07, 6.45) is 1.56. The van der Waals surface area contributed by atoms with Gasteiger partial charge in [0.25, 0.3) is 0 Å². The predicted molar refractivity (Wildman–Crippen MR) is 137 cm³/mol. The summed E-state index contributed by atoms with van der Waals surface area (Å²) >= 11 is 0. The van der Waals surface area contributed by atoms with Crippen LogP contribution in [-0.4, -0.2) is 11.7 Å². The molecule has 0 unspecified atom stereocenters. The quantitative estimate of drug-likeness (QED) is 0.344. The van der Waals surface area contributed by atoms with Gasteiger partial charge in [-0.2, -0.15) is 0 Å². The molecule has 2 heteroatoms. The second-order valence-electron chi connectivity index (χ2n) is 9.11. The van der Waals surface area contributed by atoms with Crippen LogP contribution in [0.3, 0.4) is 0 Å². The average Bonchev–Trinajstić information content (AvgIpc) is 2.89. The summed E-state index contributed by atoms with van der Waals surface area (Å²) in [5.41, 5.74) is 8.56. The minimum atomic E-state index is -0.428. The first-order chi connectivity index (χ1) is 16.2. The molecular formula is C31H31NO. The minimum Gasteiger partial charge on any atom is -0.388 e. The maximum absolute atomic E-state index is 11.2. The van der Waals surface area contributed by atoms with Crippen LogP contribution >= 0.6 is 0 Å². The molecule has 0 amide bonds. The van der Waals surface area contributed by atoms with Gasteiger partial charge in [0.2, 0.25) is 0 Å². The Balaban J connectivity index is 1.34. The molecule has 0 radical (unpaired) electrons. The predicted octanol–water partition coefficient (Wildman–Crippen LogP) is 6.97. The summed E-state index contributed by atoms with van der Waals surface area (Å²) in [4.78, 5) is 0. The molecular weight excluding hydrogens is 402 g/mol. The van der Waals surface area contributed by atoms with Crippen LogP contribution in [0.1, 0.15) is 42.2 Å². The first-order valence-corrected chi connectivity index (χ1v) is 11.9. The summed E-state index contributed by atoms with van der Waals surface area (Å²) in [5, 5.41) is 14.8. The molecule has 0 aliphatic heterocycles. The van der Waals surface area contributed by atoms with Gasteiger partial charge in [0.15, 0.2) is 0 Å². The van der Waals surface area contributed by atoms with Gasteiger partial charge in [-0.1, -0.05) is 103 Å². The normalized spacial score (nSPS) is 18.5. The number of benzene rings is 4. The summed E-state index contributed by atoms with van der Waals surface area (Å²) < 4.78 is 0. The van der Waals surface area contributed by atoms with Crippen molar-refractivity contribution in [3.05, 3.63) is 120 Å². The molecule has 0 saturated carbocycles. The van der Waals surface area contributed by atoms with Crippen molar-refractivity contribution in [1.29, 1.82) is 0 Å². The number of aliphatic hydroxyl groups is 1. The van der Waals surface area contributed by atoms with Crippen molar-refractivity contribution in [3.63, 3.8) is 0 Å². The van der Waals surface area contributed by atoms with E-state index >= 15 is 0 Å². The van der Waals surface area contributed by atoms with Crippen molar-refractivity contribution < 1.29 is 5.11 Å². The molecule has 0 fully saturated rings. The molecule has 2 nitrogen and oxygen atoms in total. The lowest BCUT2D eigenvalue weighted by Gasteiger charge is -2.31. The van der Waals surface area contributed by atoms with Crippen molar-refractivity contribution >= 4 is 0 Å². The van der Waals surface area contributed by atoms with Gasteiger partial charge in [0.05, 0.1) is 6.10 Å². The van der Waals surface area contributed by atoms with Gasteiger partial charge in [-0.3, -0.25) is 0 Å². The molecule has 3 atom stereocenters. The molecule has 4 aromatic rings. The monoisotopic (exact) mass is 433 g/mol. The Morgan fingerprint density at radius 1 is 0.788 bits per heavy atom. The molecule has 2 N–H and O–H groups in total. The smallest absolute Gasteiger partial charge is 0.0833 e. The molecule has 0 bridgehead atoms. The number of hydrogen-bond acceptors (Lipinski definition) is 2. The molecule has 166 valence electrons. The number of hydrogen-bond donors (Lipinski definition) is 2. The van der Waals surface area contributed by atoms with E-state index in [1.54, 1.807) is 0 Å². The first-order valence-electron chi connectivity index (χ1n) is 11.9. The van der Waals surface area contributed by atoms with Crippen LogP contribution in [0.15, 0.2) is 103 Å². The number of fused-ring (bicyclic) bond motifs is 1. The zero-order valence-electron chi connectivity index (χ0n) is 19.1. The van der Waals surface area contributed by atoms with E-state index in [2.05, 4.69) is 109 Å². The Labute approximate surface area is 196 Å². The van der Waals surface area contributed by atoms with E-state index in [0.29, 0.717) is 0 Å². The summed E-state index contributed by atoms with van der Waals surface area (Å²) in [6.45, 7) is 3.00. The van der Waals surface area contributed by atoms with Gasteiger partial charge in [0, 0.05) is 18.5 Å². The van der Waals surface area contributed by atoms with E-state index in [1.165, 1.54) is 33.4 Å². The first kappa shape index (κ1) is 21.6. The van der Waals surface area contributed by atoms with Crippen molar-refractivity contribution in [2.24, 2.45) is 5.92 Å². The second kappa shape index (κ2) is 9.74. The fraction of sp³-hybridized carbons (Fsp3) is 0.226. The number of aryl methyl sites for hydroxylation is 1. The highest BCUT2D eigenvalue weighted by atomic mass is 16.3. The molecule has 0 aromatic heterocycles. The van der Waals surface area contributed by atoms with E-state index in [1.807, 2.05) is 6.07 Å². The standard InChI is InChI=1S/C31H31NO/c1-22(23-10-4-2-5-11-23)32-21-27-17-16-26-20-25(18-19-30(26)31(27)33)29-15-9-8-14-28(29)24-12-6-3-7-13-24/h2-15,18-20,22,27,31-33H,16-17,21H2,1H3/t22-,27-,31-/m0/s1. The maximum Gasteiger partial charge on any atom is 0.0833 e. The molecule has 1 aliphatic rings. The van der Waals surface area contributed by atoms with E-state index in [0.717, 1.165) is 24.9 Å². The molecule has 0 spiro atoms. The van der Waals surface area contributed by atoms with Crippen molar-refractivity contribution in [1.82, 2.24) is 5.32 Å². The molecule has 0 saturated heterocycles. The lowest BCUT2D eigenvalue weighted by molar-refractivity contribution is 0.0915. The van der Waals surface area contributed by atoms with E-state index in [4.69, 9.17) is 0 Å². The Morgan fingerprint density at radius 2 is 1.42 bits per heavy atom. The fourth-order valence-electron chi connectivity index (χ4n) is 5.04. The minimum absolute atomic E-state index is 0.228. The Bertz CT molecular complexity index is 1200. The van der Waals surface area contributed by atoms with Gasteiger partial charge in [-0.15, -0.1) is 0 Å². The number of nitrogens with one attached hydrogen (secondary N) is 1. The highest BCUT2D eigenvalue weighted by Gasteiger charge is 2.28. The zero-order valence-corrected chi connectivity index (χ0v) is 19.1. The summed E-state index contributed by atoms with van der Waals surface area (Å²) in [6, 6.07) is 36.5. The Hall–Kier alpha value is -3.20. The van der Waals surface area contributed by atoms with Crippen LogP contribution in [0.4, 0.5) is 0 Å². The maximum atomic E-state index is 11.2. The van der Waals surface area contributed by atoms with E-state index in [-0.39, 0.29) is 12.0 Å². The summed E-state index contributed by atoms with van der Waals surface area (Å²) in [5.74, 6) is 0.228. The van der Waals surface area contributed by atoms with Gasteiger partial charge in [-0.25, -0.2) is 0 Å². The van der Waals surface area contributed by atoms with Crippen LogP contribution in [-0.2, 0) is 6.42 Å². The van der Waals surface area contributed by atoms with Gasteiger partial charge in [-0.05, 0) is 58.7 Å². The molecule has 1 aliphatic carbocycles. The lowest BCUT2D eigenvalue weighted by atomic mass is 9.80. The third-order valence-electron chi connectivity index (χ3n) is 7.00. The number of aliphatic hydroxyl groups excluding tert-OH is 1. The van der Waals surface area contributed by atoms with Crippen LogP contribution in [0.5, 0.6) is 0 Å². The topological polar surface area (TPSA) is 32.3 Å². The van der Waals surface area contributed by atoms with E-state index < -0.39 is 6.10 Å². The van der Waals surface area contributed by atoms with Crippen LogP contribution < -0.4 is 5.32 Å². The lowest BCUT2D eigenvalue weighted by Crippen LogP contribution is -2.32. The Kier molecular flexibility index (Phi) is 6.39. The average molecular weight is 434 g/mol. The summed E-state index contributed by atoms with van der Waals surface area (Å²) in [7, 11) is 0. The van der Waals surface area contributed by atoms with Crippen molar-refractivity contribution in [3.8, 4) is 22.3 Å². The SMILES string of the molecule is C[C@H](NC[C@@H]1CCc2cc(-c3ccccc3-c3ccccc3)ccc2[C@H]1O)c1ccccc1. The third kappa shape index (κ3) is 4.64. The molecule has 4 aromatic carbocycles. The van der Waals surface area contributed by atoms with Gasteiger partial charge in [0.1, 0.15) is 0 Å². The van der Waals surface area contributed by atoms with Crippen LogP contribution in [0.25, 0.3) is 22.3 Å². The van der Waals surface area contributed by atoms with Crippen molar-refractivity contribution in [2.45, 2.75) is 31.9 Å². The third-order valence-corrected chi connectivity index (χ3v) is 7.00. The fourth-order valence-corrected chi connectivity index (χ4v) is 5.04. The largest absolute Gasteiger partial charge is 0.388 e. The van der Waals surface area contributed by atoms with Crippen LogP contribution in [0, 0.1) is 5.92 Å². The Morgan fingerprint density at radius 3 is 2.15 bits per heavy atom. The van der Waals surface area contributed by atoms with Gasteiger partial charge >= 0.3 is 0 Å². The zero-order chi connectivity index (χ0) is 22.6. The highest BCUT2D eigenvalue weighted by Crippen LogP contribution is 2.38.